The van der Waals surface area contributed by atoms with Crippen molar-refractivity contribution in [2.24, 2.45) is 4.36 Å². The molecule has 0 unspecified atom stereocenters. The summed E-state index contributed by atoms with van der Waals surface area (Å²) in [6, 6.07) is 12.0. The Morgan fingerprint density at radius 3 is 1.80 bits per heavy atom. The van der Waals surface area contributed by atoms with Crippen LogP contribution in [0, 0.1) is 0 Å². The fraction of sp³-hybridized carbons (Fsp3) is 0.222. The predicted molar refractivity (Wildman–Crippen MR) is 54.7 cm³/mol. The third-order valence-corrected chi connectivity index (χ3v) is 1.53. The van der Waals surface area contributed by atoms with Gasteiger partial charge in [0.1, 0.15) is 0 Å². The fourth-order valence-corrected chi connectivity index (χ4v) is 0.766. The summed E-state index contributed by atoms with van der Waals surface area (Å²) in [6.45, 7) is -0.438. The number of methoxy groups -OCH3 is 1. The summed E-state index contributed by atoms with van der Waals surface area (Å²) in [5, 5.41) is 0. The van der Waals surface area contributed by atoms with Crippen molar-refractivity contribution >= 4 is 16.5 Å². The molecule has 0 amide bonds. The van der Waals surface area contributed by atoms with Crippen molar-refractivity contribution in [3.05, 3.63) is 36.4 Å². The van der Waals surface area contributed by atoms with E-state index in [9.17, 15) is 13.2 Å². The Morgan fingerprint density at radius 2 is 1.53 bits per heavy atom. The first-order chi connectivity index (χ1) is 7.16. The smallest absolute Gasteiger partial charge is 0.328 e. The second-order valence-electron chi connectivity index (χ2n) is 2.24. The number of ether oxygens (including phenoxy) is 1. The summed E-state index contributed by atoms with van der Waals surface area (Å²) < 4.78 is 26.2. The molecule has 0 fully saturated rings. The first-order valence-corrected chi connectivity index (χ1v) is 5.03. The molecule has 1 aromatic carbocycles. The monoisotopic (exact) mass is 229 g/mol. The number of rotatable bonds is 2. The summed E-state index contributed by atoms with van der Waals surface area (Å²) in [7, 11) is -1.36. The highest BCUT2D eigenvalue weighted by Crippen LogP contribution is 1.79. The summed E-state index contributed by atoms with van der Waals surface area (Å²) in [6.07, 6.45) is 0. The Morgan fingerprint density at radius 1 is 1.13 bits per heavy atom. The van der Waals surface area contributed by atoms with Gasteiger partial charge in [-0.1, -0.05) is 36.4 Å². The van der Waals surface area contributed by atoms with Crippen LogP contribution in [0.25, 0.3) is 0 Å². The Kier molecular flexibility index (Phi) is 7.89. The number of carbonyl (C=O) groups is 1. The number of hydrogen-bond acceptors (Lipinski definition) is 5. The lowest BCUT2D eigenvalue weighted by Gasteiger charge is -1.87. The maximum Gasteiger partial charge on any atom is 0.328 e. The lowest BCUT2D eigenvalue weighted by Crippen LogP contribution is -2.03. The van der Waals surface area contributed by atoms with Crippen molar-refractivity contribution in [2.75, 3.05) is 13.7 Å². The molecule has 0 aliphatic carbocycles. The van der Waals surface area contributed by atoms with E-state index in [1.165, 1.54) is 0 Å². The van der Waals surface area contributed by atoms with Gasteiger partial charge in [0.2, 0.25) is 0 Å². The van der Waals surface area contributed by atoms with Gasteiger partial charge >= 0.3 is 16.5 Å². The van der Waals surface area contributed by atoms with E-state index < -0.39 is 23.0 Å². The van der Waals surface area contributed by atoms with Gasteiger partial charge in [-0.25, -0.2) is 0 Å². The van der Waals surface area contributed by atoms with Gasteiger partial charge in [0.05, 0.1) is 7.11 Å². The highest BCUT2D eigenvalue weighted by atomic mass is 32.2. The van der Waals surface area contributed by atoms with Crippen LogP contribution < -0.4 is 0 Å². The van der Waals surface area contributed by atoms with E-state index in [0.29, 0.717) is 0 Å². The Balaban J connectivity index is 0.000000280. The van der Waals surface area contributed by atoms with E-state index in [-0.39, 0.29) is 0 Å². The molecule has 0 aliphatic rings. The molecule has 0 spiro atoms. The average molecular weight is 229 g/mol. The molecule has 1 rings (SSSR count). The molecule has 82 valence electrons. The molecular weight excluding hydrogens is 218 g/mol. The molecule has 0 bridgehead atoms. The number of nitrogens with zero attached hydrogens (tertiary/aromatic N) is 1. The number of esters is 1. The minimum Gasteiger partial charge on any atom is -0.468 e. The number of benzene rings is 1. The Hall–Kier alpha value is -1.69. The van der Waals surface area contributed by atoms with Gasteiger partial charge in [0.15, 0.2) is 6.54 Å². The van der Waals surface area contributed by atoms with E-state index in [0.717, 1.165) is 7.11 Å². The first kappa shape index (κ1) is 13.3. The van der Waals surface area contributed by atoms with Crippen molar-refractivity contribution in [3.8, 4) is 0 Å². The molecular formula is C9H11NO4S. The van der Waals surface area contributed by atoms with Crippen molar-refractivity contribution < 1.29 is 17.9 Å². The lowest BCUT2D eigenvalue weighted by molar-refractivity contribution is -0.138. The second kappa shape index (κ2) is 8.89. The predicted octanol–water partition coefficient (Wildman–Crippen LogP) is 0.909. The summed E-state index contributed by atoms with van der Waals surface area (Å²) >= 11 is 0. The van der Waals surface area contributed by atoms with Crippen LogP contribution in [0.4, 0.5) is 0 Å². The molecule has 15 heavy (non-hydrogen) atoms. The minimum atomic E-state index is -2.51. The van der Waals surface area contributed by atoms with Gasteiger partial charge in [-0.05, 0) is 0 Å². The SMILES string of the molecule is COC(=O)CN=S(=O)=O.c1ccccc1. The van der Waals surface area contributed by atoms with Gasteiger partial charge < -0.3 is 4.74 Å². The molecule has 0 atom stereocenters. The Labute approximate surface area is 89.4 Å². The van der Waals surface area contributed by atoms with E-state index in [2.05, 4.69) is 9.10 Å². The molecule has 1 aromatic rings. The fourth-order valence-electron chi connectivity index (χ4n) is 0.555. The largest absolute Gasteiger partial charge is 0.468 e. The third kappa shape index (κ3) is 10.2. The Bertz CT molecular complexity index is 365. The molecule has 0 aliphatic heterocycles. The number of carbonyl (C=O) groups excluding carboxylic acids is 1. The van der Waals surface area contributed by atoms with Crippen LogP contribution in [0.5, 0.6) is 0 Å². The summed E-state index contributed by atoms with van der Waals surface area (Å²) in [4.78, 5) is 10.1. The maximum absolute atomic E-state index is 10.1. The average Bonchev–Trinajstić information content (AvgIpc) is 2.29. The molecule has 0 N–H and O–H groups in total. The molecule has 5 nitrogen and oxygen atoms in total. The van der Waals surface area contributed by atoms with E-state index in [4.69, 9.17) is 0 Å². The summed E-state index contributed by atoms with van der Waals surface area (Å²) in [5.74, 6) is -0.667. The van der Waals surface area contributed by atoms with Crippen molar-refractivity contribution in [2.45, 2.75) is 0 Å². The van der Waals surface area contributed by atoms with Crippen LogP contribution in [0.1, 0.15) is 0 Å². The van der Waals surface area contributed by atoms with Crippen molar-refractivity contribution in [3.63, 3.8) is 0 Å². The minimum absolute atomic E-state index is 0.438. The van der Waals surface area contributed by atoms with E-state index in [1.54, 1.807) is 0 Å². The zero-order valence-electron chi connectivity index (χ0n) is 8.16. The van der Waals surface area contributed by atoms with E-state index in [1.807, 2.05) is 36.4 Å². The van der Waals surface area contributed by atoms with Gasteiger partial charge in [-0.3, -0.25) is 4.79 Å². The molecule has 0 heterocycles. The van der Waals surface area contributed by atoms with Crippen LogP contribution in [-0.4, -0.2) is 28.0 Å². The van der Waals surface area contributed by atoms with Gasteiger partial charge in [-0.15, -0.1) is 0 Å². The molecule has 0 aromatic heterocycles. The van der Waals surface area contributed by atoms with Crippen LogP contribution in [0.15, 0.2) is 40.8 Å². The topological polar surface area (TPSA) is 72.8 Å². The molecule has 0 radical (unpaired) electrons. The second-order valence-corrected chi connectivity index (χ2v) is 2.93. The van der Waals surface area contributed by atoms with Gasteiger partial charge in [-0.2, -0.15) is 12.8 Å². The quantitative estimate of drug-likeness (QED) is 0.706. The molecule has 0 saturated carbocycles. The van der Waals surface area contributed by atoms with Gasteiger partial charge in [0.25, 0.3) is 0 Å². The molecule has 6 heteroatoms. The first-order valence-electron chi connectivity index (χ1n) is 4.00. The van der Waals surface area contributed by atoms with Crippen LogP contribution in [0.3, 0.4) is 0 Å². The van der Waals surface area contributed by atoms with Crippen molar-refractivity contribution in [1.29, 1.82) is 0 Å². The van der Waals surface area contributed by atoms with Crippen LogP contribution in [-0.2, 0) is 20.0 Å². The maximum atomic E-state index is 10.1. The van der Waals surface area contributed by atoms with Crippen LogP contribution >= 0.6 is 0 Å². The highest BCUT2D eigenvalue weighted by molar-refractivity contribution is 7.61. The number of hydrogen-bond donors (Lipinski definition) is 0. The zero-order chi connectivity index (χ0) is 11.5. The standard InChI is InChI=1S/C6H6.C3H5NO4S/c1-2-4-6-5-3-1;1-8-3(5)2-4-9(6)7/h1-6H;2H2,1H3. The van der Waals surface area contributed by atoms with E-state index >= 15 is 0 Å². The van der Waals surface area contributed by atoms with Gasteiger partial charge in [0, 0.05) is 0 Å². The highest BCUT2D eigenvalue weighted by Gasteiger charge is 1.94. The normalized spacial score (nSPS) is 8.07. The summed E-state index contributed by atoms with van der Waals surface area (Å²) in [5.41, 5.74) is 0. The molecule has 0 saturated heterocycles. The van der Waals surface area contributed by atoms with Crippen molar-refractivity contribution in [1.82, 2.24) is 0 Å². The zero-order valence-corrected chi connectivity index (χ0v) is 8.98. The lowest BCUT2D eigenvalue weighted by atomic mass is 10.4. The van der Waals surface area contributed by atoms with Crippen LogP contribution in [0.2, 0.25) is 0 Å². The third-order valence-electron chi connectivity index (χ3n) is 1.19.